The van der Waals surface area contributed by atoms with Crippen LogP contribution in [0.25, 0.3) is 0 Å². The van der Waals surface area contributed by atoms with E-state index in [1.54, 1.807) is 0 Å². The number of aliphatic hydroxyl groups excluding tert-OH is 1. The lowest BCUT2D eigenvalue weighted by Gasteiger charge is -2.33. The fourth-order valence-electron chi connectivity index (χ4n) is 0.942. The van der Waals surface area contributed by atoms with Crippen molar-refractivity contribution < 1.29 is 5.11 Å². The summed E-state index contributed by atoms with van der Waals surface area (Å²) in [5, 5.41) is 9.74. The van der Waals surface area contributed by atoms with Crippen molar-refractivity contribution in [1.29, 1.82) is 0 Å². The van der Waals surface area contributed by atoms with Crippen LogP contribution in [0.15, 0.2) is 0 Å². The fraction of sp³-hybridized carbons (Fsp3) is 1.00. The second kappa shape index (κ2) is 3.95. The second-order valence-corrected chi connectivity index (χ2v) is 5.30. The highest BCUT2D eigenvalue weighted by Crippen LogP contribution is 2.22. The Bertz CT molecular complexity index is 137. The van der Waals surface area contributed by atoms with E-state index in [-0.39, 0.29) is 11.5 Å². The van der Waals surface area contributed by atoms with E-state index in [2.05, 4.69) is 0 Å². The standard InChI is InChI=1S/C10H24N2O/c1-7(9(2,3)11)6-8(13)10(4,5)12/h7-8,13H,6,11-12H2,1-5H3/t7-,8-/m0/s1. The van der Waals surface area contributed by atoms with Crippen LogP contribution in [0.2, 0.25) is 0 Å². The van der Waals surface area contributed by atoms with Gasteiger partial charge in [0.2, 0.25) is 0 Å². The van der Waals surface area contributed by atoms with Gasteiger partial charge in [-0.25, -0.2) is 0 Å². The summed E-state index contributed by atoms with van der Waals surface area (Å²) in [7, 11) is 0. The predicted octanol–water partition coefficient (Wildman–Crippen LogP) is 0.848. The van der Waals surface area contributed by atoms with E-state index in [9.17, 15) is 5.11 Å². The molecular weight excluding hydrogens is 164 g/mol. The molecule has 0 rings (SSSR count). The smallest absolute Gasteiger partial charge is 0.0717 e. The Morgan fingerprint density at radius 3 is 1.69 bits per heavy atom. The molecule has 0 aromatic rings. The van der Waals surface area contributed by atoms with E-state index in [0.717, 1.165) is 0 Å². The van der Waals surface area contributed by atoms with Crippen molar-refractivity contribution in [2.75, 3.05) is 0 Å². The largest absolute Gasteiger partial charge is 0.391 e. The van der Waals surface area contributed by atoms with Gasteiger partial charge in [0.25, 0.3) is 0 Å². The van der Waals surface area contributed by atoms with Gasteiger partial charge in [-0.3, -0.25) is 0 Å². The molecule has 0 amide bonds. The first-order valence-corrected chi connectivity index (χ1v) is 4.81. The number of aliphatic hydroxyl groups is 1. The lowest BCUT2D eigenvalue weighted by molar-refractivity contribution is 0.0694. The molecule has 0 spiro atoms. The molecule has 0 saturated carbocycles. The summed E-state index contributed by atoms with van der Waals surface area (Å²) in [4.78, 5) is 0. The first-order valence-electron chi connectivity index (χ1n) is 4.81. The Hall–Kier alpha value is -0.120. The van der Waals surface area contributed by atoms with Gasteiger partial charge in [0.05, 0.1) is 6.10 Å². The topological polar surface area (TPSA) is 72.3 Å². The van der Waals surface area contributed by atoms with Gasteiger partial charge < -0.3 is 16.6 Å². The molecule has 0 bridgehead atoms. The molecule has 2 atom stereocenters. The molecule has 0 aromatic carbocycles. The summed E-state index contributed by atoms with van der Waals surface area (Å²) in [6.07, 6.45) is 0.151. The molecule has 0 unspecified atom stereocenters. The van der Waals surface area contributed by atoms with Gasteiger partial charge in [-0.15, -0.1) is 0 Å². The van der Waals surface area contributed by atoms with Gasteiger partial charge >= 0.3 is 0 Å². The monoisotopic (exact) mass is 188 g/mol. The molecule has 0 heterocycles. The first kappa shape index (κ1) is 12.9. The van der Waals surface area contributed by atoms with E-state index in [0.29, 0.717) is 6.42 Å². The van der Waals surface area contributed by atoms with Crippen LogP contribution < -0.4 is 11.5 Å². The average Bonchev–Trinajstić information content (AvgIpc) is 1.82. The maximum absolute atomic E-state index is 9.74. The summed E-state index contributed by atoms with van der Waals surface area (Å²) in [5.74, 6) is 0.255. The van der Waals surface area contributed by atoms with Crippen molar-refractivity contribution >= 4 is 0 Å². The number of hydrogen-bond donors (Lipinski definition) is 3. The highest BCUT2D eigenvalue weighted by molar-refractivity contribution is 4.88. The normalized spacial score (nSPS) is 18.5. The lowest BCUT2D eigenvalue weighted by Crippen LogP contribution is -2.49. The summed E-state index contributed by atoms with van der Waals surface area (Å²) in [6, 6.07) is 0. The average molecular weight is 188 g/mol. The van der Waals surface area contributed by atoms with Crippen LogP contribution in [0, 0.1) is 5.92 Å². The van der Waals surface area contributed by atoms with Crippen molar-refractivity contribution in [3.05, 3.63) is 0 Å². The summed E-state index contributed by atoms with van der Waals surface area (Å²) in [6.45, 7) is 9.62. The highest BCUT2D eigenvalue weighted by atomic mass is 16.3. The third kappa shape index (κ3) is 4.60. The molecule has 3 nitrogen and oxygen atoms in total. The van der Waals surface area contributed by atoms with E-state index in [4.69, 9.17) is 11.5 Å². The molecule has 80 valence electrons. The van der Waals surface area contributed by atoms with Crippen molar-refractivity contribution in [1.82, 2.24) is 0 Å². The van der Waals surface area contributed by atoms with Crippen molar-refractivity contribution in [3.8, 4) is 0 Å². The van der Waals surface area contributed by atoms with Crippen molar-refractivity contribution in [3.63, 3.8) is 0 Å². The quantitative estimate of drug-likeness (QED) is 0.612. The zero-order valence-electron chi connectivity index (χ0n) is 9.46. The SMILES string of the molecule is C[C@@H](C[C@H](O)C(C)(C)N)C(C)(C)N. The molecule has 13 heavy (non-hydrogen) atoms. The van der Waals surface area contributed by atoms with Crippen LogP contribution in [0.1, 0.15) is 41.0 Å². The van der Waals surface area contributed by atoms with E-state index in [1.807, 2.05) is 34.6 Å². The molecular formula is C10H24N2O. The molecule has 3 heteroatoms. The van der Waals surface area contributed by atoms with E-state index in [1.165, 1.54) is 0 Å². The minimum Gasteiger partial charge on any atom is -0.391 e. The third-order valence-electron chi connectivity index (χ3n) is 2.71. The zero-order chi connectivity index (χ0) is 10.9. The Kier molecular flexibility index (Phi) is 3.91. The summed E-state index contributed by atoms with van der Waals surface area (Å²) in [5.41, 5.74) is 10.9. The van der Waals surface area contributed by atoms with Gasteiger partial charge in [-0.1, -0.05) is 6.92 Å². The Morgan fingerprint density at radius 2 is 1.46 bits per heavy atom. The number of rotatable bonds is 4. The number of nitrogens with two attached hydrogens (primary N) is 2. The summed E-state index contributed by atoms with van der Waals surface area (Å²) < 4.78 is 0. The Labute approximate surface area is 81.5 Å². The van der Waals surface area contributed by atoms with Crippen LogP contribution in [0.5, 0.6) is 0 Å². The number of hydrogen-bond acceptors (Lipinski definition) is 3. The van der Waals surface area contributed by atoms with Crippen LogP contribution in [0.4, 0.5) is 0 Å². The molecule has 0 saturated heterocycles. The van der Waals surface area contributed by atoms with Gasteiger partial charge in [0.15, 0.2) is 0 Å². The highest BCUT2D eigenvalue weighted by Gasteiger charge is 2.29. The molecule has 0 aliphatic rings. The molecule has 0 aliphatic carbocycles. The van der Waals surface area contributed by atoms with Gasteiger partial charge in [-0.05, 0) is 40.0 Å². The van der Waals surface area contributed by atoms with Crippen molar-refractivity contribution in [2.45, 2.75) is 58.2 Å². The van der Waals surface area contributed by atoms with E-state index < -0.39 is 11.6 Å². The van der Waals surface area contributed by atoms with E-state index >= 15 is 0 Å². The van der Waals surface area contributed by atoms with Gasteiger partial charge in [0, 0.05) is 11.1 Å². The molecule has 0 aromatic heterocycles. The Morgan fingerprint density at radius 1 is 1.08 bits per heavy atom. The maximum Gasteiger partial charge on any atom is 0.0717 e. The zero-order valence-corrected chi connectivity index (χ0v) is 9.46. The van der Waals surface area contributed by atoms with Gasteiger partial charge in [-0.2, -0.15) is 0 Å². The van der Waals surface area contributed by atoms with Gasteiger partial charge in [0.1, 0.15) is 0 Å². The summed E-state index contributed by atoms with van der Waals surface area (Å²) >= 11 is 0. The van der Waals surface area contributed by atoms with Crippen molar-refractivity contribution in [2.24, 2.45) is 17.4 Å². The third-order valence-corrected chi connectivity index (χ3v) is 2.71. The van der Waals surface area contributed by atoms with Crippen LogP contribution in [-0.2, 0) is 0 Å². The van der Waals surface area contributed by atoms with Crippen LogP contribution >= 0.6 is 0 Å². The second-order valence-electron chi connectivity index (χ2n) is 5.30. The minimum absolute atomic E-state index is 0.255. The first-order chi connectivity index (χ1) is 5.55. The molecule has 0 aliphatic heterocycles. The fourth-order valence-corrected chi connectivity index (χ4v) is 0.942. The maximum atomic E-state index is 9.74. The Balaban J connectivity index is 4.15. The predicted molar refractivity (Wildman–Crippen MR) is 56.3 cm³/mol. The molecule has 0 radical (unpaired) electrons. The lowest BCUT2D eigenvalue weighted by atomic mass is 9.82. The van der Waals surface area contributed by atoms with Crippen LogP contribution in [0.3, 0.4) is 0 Å². The minimum atomic E-state index is -0.542. The van der Waals surface area contributed by atoms with Crippen LogP contribution in [-0.4, -0.2) is 22.3 Å². The molecule has 0 fully saturated rings. The molecule has 5 N–H and O–H groups in total.